The lowest BCUT2D eigenvalue weighted by Crippen LogP contribution is -2.23. The highest BCUT2D eigenvalue weighted by molar-refractivity contribution is 5.94. The van der Waals surface area contributed by atoms with Crippen molar-refractivity contribution >= 4 is 11.9 Å². The van der Waals surface area contributed by atoms with Gasteiger partial charge in [0.25, 0.3) is 5.91 Å². The number of carboxylic acid groups (broad SMARTS) is 1. The Bertz CT molecular complexity index is 1000. The molecule has 0 unspecified atom stereocenters. The molecule has 0 saturated heterocycles. The number of carboxylic acids is 1. The molecule has 28 heavy (non-hydrogen) atoms. The number of nitrogens with zero attached hydrogens (tertiary/aromatic N) is 4. The molecule has 0 fully saturated rings. The number of rotatable bonds is 7. The van der Waals surface area contributed by atoms with E-state index in [4.69, 9.17) is 9.63 Å². The Balaban J connectivity index is 1.71. The molecule has 2 aromatic heterocycles. The zero-order valence-corrected chi connectivity index (χ0v) is 15.9. The van der Waals surface area contributed by atoms with Gasteiger partial charge in [0, 0.05) is 24.6 Å². The topological polar surface area (TPSA) is 123 Å². The molecule has 3 rings (SSSR count). The first-order valence-electron chi connectivity index (χ1n) is 8.80. The number of carbonyl (C=O) groups is 2. The maximum absolute atomic E-state index is 12.3. The monoisotopic (exact) mass is 383 g/mol. The number of aryl methyl sites for hydroxylation is 2. The molecule has 0 radical (unpaired) electrons. The summed E-state index contributed by atoms with van der Waals surface area (Å²) in [5, 5.41) is 19.9. The fraction of sp³-hybridized carbons (Fsp3) is 0.316. The van der Waals surface area contributed by atoms with Gasteiger partial charge in [-0.15, -0.1) is 0 Å². The van der Waals surface area contributed by atoms with Gasteiger partial charge in [0.1, 0.15) is 0 Å². The highest BCUT2D eigenvalue weighted by Crippen LogP contribution is 2.20. The van der Waals surface area contributed by atoms with Crippen molar-refractivity contribution in [1.29, 1.82) is 0 Å². The number of hydrogen-bond donors (Lipinski definition) is 2. The molecule has 0 spiro atoms. The van der Waals surface area contributed by atoms with Crippen LogP contribution in [-0.2, 0) is 17.8 Å². The molecule has 9 nitrogen and oxygen atoms in total. The highest BCUT2D eigenvalue weighted by Gasteiger charge is 2.15. The van der Waals surface area contributed by atoms with Crippen molar-refractivity contribution in [1.82, 2.24) is 25.2 Å². The van der Waals surface area contributed by atoms with Gasteiger partial charge in [-0.2, -0.15) is 10.1 Å². The predicted molar refractivity (Wildman–Crippen MR) is 99.2 cm³/mol. The van der Waals surface area contributed by atoms with Crippen LogP contribution in [0.2, 0.25) is 0 Å². The van der Waals surface area contributed by atoms with Crippen molar-refractivity contribution in [2.24, 2.45) is 0 Å². The summed E-state index contributed by atoms with van der Waals surface area (Å²) in [5.41, 5.74) is 3.92. The lowest BCUT2D eigenvalue weighted by molar-refractivity contribution is -0.136. The molecular weight excluding hydrogens is 362 g/mol. The van der Waals surface area contributed by atoms with Crippen LogP contribution in [0, 0.1) is 20.8 Å². The van der Waals surface area contributed by atoms with E-state index in [-0.39, 0.29) is 18.9 Å². The standard InChI is InChI=1S/C19H21N5O4/c1-11-16(8-9-18(25)26)12(2)24(22-11)15-6-4-14(5-7-15)19(27)20-10-17-21-13(3)28-23-17/h4-7H,8-10H2,1-3H3,(H,20,27)(H,25,26). The summed E-state index contributed by atoms with van der Waals surface area (Å²) in [6.07, 6.45) is 0.495. The van der Waals surface area contributed by atoms with Gasteiger partial charge in [0.05, 0.1) is 17.9 Å². The van der Waals surface area contributed by atoms with Gasteiger partial charge in [-0.05, 0) is 50.1 Å². The maximum atomic E-state index is 12.3. The first kappa shape index (κ1) is 19.3. The number of aromatic nitrogens is 4. The molecule has 1 aromatic carbocycles. The molecule has 9 heteroatoms. The third-order valence-electron chi connectivity index (χ3n) is 4.38. The number of nitrogens with one attached hydrogen (secondary N) is 1. The third-order valence-corrected chi connectivity index (χ3v) is 4.38. The van der Waals surface area contributed by atoms with Crippen molar-refractivity contribution < 1.29 is 19.2 Å². The molecule has 2 N–H and O–H groups in total. The summed E-state index contributed by atoms with van der Waals surface area (Å²) < 4.78 is 6.63. The zero-order chi connectivity index (χ0) is 20.3. The summed E-state index contributed by atoms with van der Waals surface area (Å²) in [6.45, 7) is 5.64. The Morgan fingerprint density at radius 1 is 1.18 bits per heavy atom. The Morgan fingerprint density at radius 2 is 1.89 bits per heavy atom. The summed E-state index contributed by atoms with van der Waals surface area (Å²) >= 11 is 0. The van der Waals surface area contributed by atoms with Gasteiger partial charge in [0.2, 0.25) is 5.89 Å². The second-order valence-corrected chi connectivity index (χ2v) is 6.41. The second-order valence-electron chi connectivity index (χ2n) is 6.41. The zero-order valence-electron chi connectivity index (χ0n) is 15.9. The van der Waals surface area contributed by atoms with Gasteiger partial charge in [-0.3, -0.25) is 9.59 Å². The van der Waals surface area contributed by atoms with Gasteiger partial charge in [-0.25, -0.2) is 4.68 Å². The van der Waals surface area contributed by atoms with Crippen LogP contribution in [-0.4, -0.2) is 36.9 Å². The lowest BCUT2D eigenvalue weighted by atomic mass is 10.1. The number of aliphatic carboxylic acids is 1. The van der Waals surface area contributed by atoms with Crippen LogP contribution in [0.4, 0.5) is 0 Å². The SMILES string of the molecule is Cc1nc(CNC(=O)c2ccc(-n3nc(C)c(CCC(=O)O)c3C)cc2)no1. The summed E-state index contributed by atoms with van der Waals surface area (Å²) in [6, 6.07) is 7.01. The van der Waals surface area contributed by atoms with Crippen molar-refractivity contribution in [3.8, 4) is 5.69 Å². The average Bonchev–Trinajstić information content (AvgIpc) is 3.21. The van der Waals surface area contributed by atoms with Gasteiger partial charge in [-0.1, -0.05) is 5.16 Å². The number of hydrogen-bond acceptors (Lipinski definition) is 6. The van der Waals surface area contributed by atoms with Crippen molar-refractivity contribution in [2.45, 2.75) is 40.2 Å². The van der Waals surface area contributed by atoms with E-state index in [0.29, 0.717) is 23.7 Å². The van der Waals surface area contributed by atoms with Gasteiger partial charge in [0.15, 0.2) is 5.82 Å². The van der Waals surface area contributed by atoms with E-state index < -0.39 is 5.97 Å². The molecule has 0 aliphatic heterocycles. The predicted octanol–water partition coefficient (Wildman–Crippen LogP) is 2.13. The molecule has 0 aliphatic carbocycles. The molecule has 0 bridgehead atoms. The Labute approximate surface area is 161 Å². The van der Waals surface area contributed by atoms with Crippen LogP contribution >= 0.6 is 0 Å². The first-order chi connectivity index (χ1) is 13.3. The largest absolute Gasteiger partial charge is 0.481 e. The van der Waals surface area contributed by atoms with Crippen LogP contribution in [0.3, 0.4) is 0 Å². The fourth-order valence-electron chi connectivity index (χ4n) is 2.95. The molecular formula is C19H21N5O4. The van der Waals surface area contributed by atoms with Gasteiger partial charge >= 0.3 is 5.97 Å². The summed E-state index contributed by atoms with van der Waals surface area (Å²) in [5.74, 6) is -0.220. The Hall–Kier alpha value is -3.49. The maximum Gasteiger partial charge on any atom is 0.303 e. The number of carbonyl (C=O) groups excluding carboxylic acids is 1. The van der Waals surface area contributed by atoms with E-state index in [0.717, 1.165) is 22.6 Å². The molecule has 1 amide bonds. The van der Waals surface area contributed by atoms with E-state index in [1.54, 1.807) is 35.9 Å². The third kappa shape index (κ3) is 4.25. The molecule has 2 heterocycles. The van der Waals surface area contributed by atoms with E-state index in [9.17, 15) is 9.59 Å². The van der Waals surface area contributed by atoms with E-state index in [2.05, 4.69) is 20.6 Å². The van der Waals surface area contributed by atoms with E-state index >= 15 is 0 Å². The molecule has 3 aromatic rings. The highest BCUT2D eigenvalue weighted by atomic mass is 16.5. The summed E-state index contributed by atoms with van der Waals surface area (Å²) in [4.78, 5) is 27.1. The average molecular weight is 383 g/mol. The molecule has 146 valence electrons. The van der Waals surface area contributed by atoms with Crippen LogP contribution < -0.4 is 5.32 Å². The second kappa shape index (κ2) is 8.03. The van der Waals surface area contributed by atoms with E-state index in [1.165, 1.54) is 0 Å². The van der Waals surface area contributed by atoms with Crippen molar-refractivity contribution in [2.75, 3.05) is 0 Å². The minimum absolute atomic E-state index is 0.0619. The molecule has 0 aliphatic rings. The van der Waals surface area contributed by atoms with Crippen LogP contribution in [0.15, 0.2) is 28.8 Å². The normalized spacial score (nSPS) is 10.8. The minimum atomic E-state index is -0.835. The molecule has 0 saturated carbocycles. The lowest BCUT2D eigenvalue weighted by Gasteiger charge is -2.07. The van der Waals surface area contributed by atoms with Crippen molar-refractivity contribution in [3.05, 3.63) is 58.5 Å². The van der Waals surface area contributed by atoms with Gasteiger partial charge < -0.3 is 14.9 Å². The quantitative estimate of drug-likeness (QED) is 0.640. The molecule has 0 atom stereocenters. The Kier molecular flexibility index (Phi) is 5.53. The van der Waals surface area contributed by atoms with Crippen LogP contribution in [0.25, 0.3) is 5.69 Å². The minimum Gasteiger partial charge on any atom is -0.481 e. The Morgan fingerprint density at radius 3 is 2.50 bits per heavy atom. The first-order valence-corrected chi connectivity index (χ1v) is 8.80. The summed E-state index contributed by atoms with van der Waals surface area (Å²) in [7, 11) is 0. The smallest absolute Gasteiger partial charge is 0.303 e. The van der Waals surface area contributed by atoms with Crippen LogP contribution in [0.1, 0.15) is 45.4 Å². The number of benzene rings is 1. The van der Waals surface area contributed by atoms with E-state index in [1.807, 2.05) is 13.8 Å². The van der Waals surface area contributed by atoms with Crippen LogP contribution in [0.5, 0.6) is 0 Å². The fourth-order valence-corrected chi connectivity index (χ4v) is 2.95. The van der Waals surface area contributed by atoms with Crippen molar-refractivity contribution in [3.63, 3.8) is 0 Å². The number of amides is 1.